The van der Waals surface area contributed by atoms with E-state index in [2.05, 4.69) is 182 Å². The Bertz CT molecular complexity index is 2980. The first-order valence-electron chi connectivity index (χ1n) is 18.2. The van der Waals surface area contributed by atoms with E-state index in [1.165, 1.54) is 64.1 Å². The molecule has 1 atom stereocenters. The number of rotatable bonds is 4. The molecule has 3 nitrogen and oxygen atoms in total. The SMILES string of the molecule is CC1(c2ccc3cccc(C4=NC(c5ccc6ccccc6c5)NC(c5cccc6sc7ccccc7c56)=N4)c3c2)c2ccccc2-c2ccccc21. The van der Waals surface area contributed by atoms with Gasteiger partial charge in [-0.1, -0.05) is 146 Å². The highest BCUT2D eigenvalue weighted by Crippen LogP contribution is 2.52. The maximum atomic E-state index is 5.42. The van der Waals surface area contributed by atoms with Gasteiger partial charge < -0.3 is 5.32 Å². The minimum atomic E-state index is -0.327. The van der Waals surface area contributed by atoms with Crippen LogP contribution in [0.3, 0.4) is 0 Å². The van der Waals surface area contributed by atoms with Crippen molar-refractivity contribution in [1.82, 2.24) is 5.32 Å². The van der Waals surface area contributed by atoms with Crippen molar-refractivity contribution in [1.29, 1.82) is 0 Å². The molecule has 0 amide bonds. The first-order valence-corrected chi connectivity index (χ1v) is 19.0. The molecule has 2 aliphatic rings. The molecule has 0 spiro atoms. The van der Waals surface area contributed by atoms with E-state index >= 15 is 0 Å². The van der Waals surface area contributed by atoms with Gasteiger partial charge in [-0.25, -0.2) is 9.98 Å². The molecule has 2 heterocycles. The number of nitrogens with one attached hydrogen (secondary N) is 1. The summed E-state index contributed by atoms with van der Waals surface area (Å²) in [5, 5.41) is 11.0. The van der Waals surface area contributed by atoms with E-state index in [1.54, 1.807) is 0 Å². The van der Waals surface area contributed by atoms with Crippen molar-refractivity contribution in [2.45, 2.75) is 18.5 Å². The molecule has 1 aliphatic carbocycles. The number of amidine groups is 2. The Morgan fingerprint density at radius 1 is 0.528 bits per heavy atom. The smallest absolute Gasteiger partial charge is 0.160 e. The van der Waals surface area contributed by atoms with Gasteiger partial charge in [-0.3, -0.25) is 0 Å². The third-order valence-corrected chi connectivity index (χ3v) is 12.5. The molecule has 0 saturated carbocycles. The summed E-state index contributed by atoms with van der Waals surface area (Å²) in [5.41, 5.74) is 9.47. The van der Waals surface area contributed by atoms with Gasteiger partial charge in [0.05, 0.1) is 0 Å². The summed E-state index contributed by atoms with van der Waals surface area (Å²) in [6.45, 7) is 2.38. The molecular weight excluding hydrogens is 663 g/mol. The quantitative estimate of drug-likeness (QED) is 0.195. The average Bonchev–Trinajstić information content (AvgIpc) is 3.74. The molecule has 1 aromatic heterocycles. The predicted molar refractivity (Wildman–Crippen MR) is 224 cm³/mol. The Balaban J connectivity index is 1.13. The number of thiophene rings is 1. The Labute approximate surface area is 311 Å². The fraction of sp³-hybridized carbons (Fsp3) is 0.0612. The molecule has 0 fully saturated rings. The first kappa shape index (κ1) is 30.3. The summed E-state index contributed by atoms with van der Waals surface area (Å²) < 4.78 is 2.52. The molecule has 0 bridgehead atoms. The molecule has 11 rings (SSSR count). The van der Waals surface area contributed by atoms with Gasteiger partial charge in [0.25, 0.3) is 0 Å². The number of aliphatic imine (C=N–C) groups is 2. The Hall–Kier alpha value is -6.36. The van der Waals surface area contributed by atoms with Crippen LogP contribution in [0.1, 0.15) is 46.5 Å². The molecule has 0 saturated heterocycles. The van der Waals surface area contributed by atoms with Crippen LogP contribution < -0.4 is 5.32 Å². The Kier molecular flexibility index (Phi) is 6.61. The zero-order chi connectivity index (χ0) is 35.1. The fourth-order valence-corrected chi connectivity index (χ4v) is 9.90. The number of benzene rings is 8. The second-order valence-corrected chi connectivity index (χ2v) is 15.4. The van der Waals surface area contributed by atoms with Crippen molar-refractivity contribution >= 4 is 64.7 Å². The van der Waals surface area contributed by atoms with Crippen molar-refractivity contribution in [3.8, 4) is 11.1 Å². The van der Waals surface area contributed by atoms with Crippen LogP contribution in [-0.2, 0) is 5.41 Å². The zero-order valence-corrected chi connectivity index (χ0v) is 29.9. The van der Waals surface area contributed by atoms with E-state index in [0.29, 0.717) is 0 Å². The van der Waals surface area contributed by atoms with Crippen molar-refractivity contribution < 1.29 is 0 Å². The van der Waals surface area contributed by atoms with Crippen LogP contribution >= 0.6 is 11.3 Å². The zero-order valence-electron chi connectivity index (χ0n) is 29.0. The third-order valence-electron chi connectivity index (χ3n) is 11.4. The minimum absolute atomic E-state index is 0.303. The lowest BCUT2D eigenvalue weighted by molar-refractivity contribution is 0.675. The number of nitrogens with zero attached hydrogens (tertiary/aromatic N) is 2. The molecule has 9 aromatic rings. The molecule has 4 heteroatoms. The third kappa shape index (κ3) is 4.59. The van der Waals surface area contributed by atoms with Crippen molar-refractivity contribution in [2.75, 3.05) is 0 Å². The summed E-state index contributed by atoms with van der Waals surface area (Å²) in [5.74, 6) is 1.56. The summed E-state index contributed by atoms with van der Waals surface area (Å²) in [6, 6.07) is 61.6. The second-order valence-electron chi connectivity index (χ2n) is 14.3. The Morgan fingerprint density at radius 3 is 2.02 bits per heavy atom. The maximum Gasteiger partial charge on any atom is 0.160 e. The number of fused-ring (bicyclic) bond motifs is 8. The van der Waals surface area contributed by atoms with Gasteiger partial charge in [0.2, 0.25) is 0 Å². The highest BCUT2D eigenvalue weighted by atomic mass is 32.1. The van der Waals surface area contributed by atoms with Gasteiger partial charge in [0, 0.05) is 36.7 Å². The van der Waals surface area contributed by atoms with Gasteiger partial charge in [-0.15, -0.1) is 11.3 Å². The van der Waals surface area contributed by atoms with Crippen LogP contribution in [0.4, 0.5) is 0 Å². The summed E-state index contributed by atoms with van der Waals surface area (Å²) in [7, 11) is 0. The molecular formula is C49H33N3S. The van der Waals surface area contributed by atoms with Crippen LogP contribution in [0.5, 0.6) is 0 Å². The maximum absolute atomic E-state index is 5.42. The fourth-order valence-electron chi connectivity index (χ4n) is 8.77. The summed E-state index contributed by atoms with van der Waals surface area (Å²) in [6.07, 6.45) is -0.327. The van der Waals surface area contributed by atoms with Gasteiger partial charge in [-0.2, -0.15) is 0 Å². The highest BCUT2D eigenvalue weighted by molar-refractivity contribution is 7.25. The average molecular weight is 696 g/mol. The van der Waals surface area contributed by atoms with E-state index in [4.69, 9.17) is 9.98 Å². The van der Waals surface area contributed by atoms with E-state index < -0.39 is 0 Å². The van der Waals surface area contributed by atoms with Crippen LogP contribution in [-0.4, -0.2) is 11.7 Å². The van der Waals surface area contributed by atoms with Crippen LogP contribution in [0.2, 0.25) is 0 Å². The molecule has 250 valence electrons. The van der Waals surface area contributed by atoms with Crippen LogP contribution in [0.25, 0.3) is 52.8 Å². The lowest BCUT2D eigenvalue weighted by Gasteiger charge is -2.29. The van der Waals surface area contributed by atoms with E-state index in [9.17, 15) is 0 Å². The number of hydrogen-bond acceptors (Lipinski definition) is 4. The topological polar surface area (TPSA) is 36.8 Å². The molecule has 1 N–H and O–H groups in total. The van der Waals surface area contributed by atoms with Crippen molar-refractivity contribution in [3.05, 3.63) is 203 Å². The van der Waals surface area contributed by atoms with E-state index in [-0.39, 0.29) is 11.6 Å². The summed E-state index contributed by atoms with van der Waals surface area (Å²) >= 11 is 1.83. The molecule has 1 aliphatic heterocycles. The number of hydrogen-bond donors (Lipinski definition) is 1. The highest BCUT2D eigenvalue weighted by Gasteiger charge is 2.40. The Morgan fingerprint density at radius 2 is 1.17 bits per heavy atom. The molecule has 53 heavy (non-hydrogen) atoms. The minimum Gasteiger partial charge on any atom is -0.344 e. The molecule has 8 aromatic carbocycles. The van der Waals surface area contributed by atoms with Gasteiger partial charge in [-0.05, 0) is 86.1 Å². The first-order chi connectivity index (χ1) is 26.1. The van der Waals surface area contributed by atoms with Gasteiger partial charge >= 0.3 is 0 Å². The molecule has 1 unspecified atom stereocenters. The second kappa shape index (κ2) is 11.6. The van der Waals surface area contributed by atoms with Crippen LogP contribution in [0, 0.1) is 0 Å². The lowest BCUT2D eigenvalue weighted by Crippen LogP contribution is -2.33. The standard InChI is InChI=1S/C49H33N3S/c1-49(41-20-7-4-15-35(41)36-16-5-8-21-42(36)49)34-27-26-31-14-10-18-37(40(31)29-34)47-50-46(33-25-24-30-12-2-3-13-32(30)28-33)51-48(52-47)39-19-11-23-44-45(39)38-17-6-9-22-43(38)53-44/h2-29,46H,1H3,(H,50,51,52). The monoisotopic (exact) mass is 695 g/mol. The predicted octanol–water partition coefficient (Wildman–Crippen LogP) is 12.2. The van der Waals surface area contributed by atoms with Crippen LogP contribution in [0.15, 0.2) is 180 Å². The van der Waals surface area contributed by atoms with Crippen molar-refractivity contribution in [3.63, 3.8) is 0 Å². The van der Waals surface area contributed by atoms with E-state index in [0.717, 1.165) is 33.7 Å². The summed E-state index contributed by atoms with van der Waals surface area (Å²) in [4.78, 5) is 10.8. The molecule has 0 radical (unpaired) electrons. The lowest BCUT2D eigenvalue weighted by atomic mass is 9.73. The van der Waals surface area contributed by atoms with Crippen molar-refractivity contribution in [2.24, 2.45) is 9.98 Å². The normalized spacial score (nSPS) is 16.0. The largest absolute Gasteiger partial charge is 0.344 e. The van der Waals surface area contributed by atoms with Gasteiger partial charge in [0.15, 0.2) is 5.84 Å². The van der Waals surface area contributed by atoms with E-state index in [1.807, 2.05) is 11.3 Å². The van der Waals surface area contributed by atoms with Gasteiger partial charge in [0.1, 0.15) is 12.0 Å².